The average Bonchev–Trinajstić information content (AvgIpc) is 3.31. The van der Waals surface area contributed by atoms with Crippen LogP contribution in [0.15, 0.2) is 41.8 Å². The van der Waals surface area contributed by atoms with Crippen molar-refractivity contribution in [2.24, 2.45) is 0 Å². The van der Waals surface area contributed by atoms with Crippen molar-refractivity contribution >= 4 is 56.2 Å². The highest BCUT2D eigenvalue weighted by atomic mass is 32.1. The number of carbonyl (C=O) groups excluding carboxylic acids is 3. The normalized spacial score (nSPS) is 11.8. The molecule has 0 bridgehead atoms. The Morgan fingerprint density at radius 2 is 1.96 bits per heavy atom. The number of rotatable bonds is 6. The van der Waals surface area contributed by atoms with Crippen LogP contribution in [-0.4, -0.2) is 30.4 Å². The van der Waals surface area contributed by atoms with Gasteiger partial charge >= 0.3 is 5.97 Å². The molecule has 2 heterocycles. The Morgan fingerprint density at radius 1 is 1.15 bits per heavy atom. The fourth-order valence-corrected chi connectivity index (χ4v) is 3.98. The fourth-order valence-electron chi connectivity index (χ4n) is 2.42. The van der Waals surface area contributed by atoms with Crippen molar-refractivity contribution in [2.45, 2.75) is 19.9 Å². The summed E-state index contributed by atoms with van der Waals surface area (Å²) in [6.07, 6.45) is 0. The highest BCUT2D eigenvalue weighted by Crippen LogP contribution is 2.28. The molecule has 1 atom stereocenters. The molecule has 0 radical (unpaired) electrons. The van der Waals surface area contributed by atoms with E-state index in [1.54, 1.807) is 49.6 Å². The molecule has 0 spiro atoms. The molecular formula is C19H18N2O4S2. The van der Waals surface area contributed by atoms with E-state index in [4.69, 9.17) is 4.74 Å². The molecule has 0 aliphatic heterocycles. The third-order valence-electron chi connectivity index (χ3n) is 3.75. The van der Waals surface area contributed by atoms with Gasteiger partial charge in [-0.3, -0.25) is 9.59 Å². The molecule has 1 aromatic carbocycles. The first-order valence-corrected chi connectivity index (χ1v) is 10.0. The van der Waals surface area contributed by atoms with Crippen LogP contribution in [0.2, 0.25) is 0 Å². The Hall–Kier alpha value is -2.71. The van der Waals surface area contributed by atoms with Crippen molar-refractivity contribution < 1.29 is 19.1 Å². The number of carbonyl (C=O) groups is 3. The summed E-state index contributed by atoms with van der Waals surface area (Å²) in [7, 11) is 0. The lowest BCUT2D eigenvalue weighted by Crippen LogP contribution is -2.41. The molecule has 0 aliphatic rings. The maximum Gasteiger partial charge on any atom is 0.348 e. The lowest BCUT2D eigenvalue weighted by molar-refractivity contribution is -0.117. The summed E-state index contributed by atoms with van der Waals surface area (Å²) < 4.78 is 5.94. The summed E-state index contributed by atoms with van der Waals surface area (Å²) in [6.45, 7) is 3.71. The molecular weight excluding hydrogens is 384 g/mol. The minimum Gasteiger partial charge on any atom is -0.462 e. The molecule has 0 aliphatic carbocycles. The topological polar surface area (TPSA) is 84.5 Å². The van der Waals surface area contributed by atoms with Crippen LogP contribution in [0.1, 0.15) is 33.2 Å². The molecule has 2 N–H and O–H groups in total. The smallest absolute Gasteiger partial charge is 0.348 e. The predicted molar refractivity (Wildman–Crippen MR) is 108 cm³/mol. The number of amides is 2. The highest BCUT2D eigenvalue weighted by Gasteiger charge is 2.18. The van der Waals surface area contributed by atoms with Gasteiger partial charge in [0.1, 0.15) is 10.9 Å². The van der Waals surface area contributed by atoms with Gasteiger partial charge in [0, 0.05) is 10.4 Å². The number of ether oxygens (including phenoxy) is 1. The monoisotopic (exact) mass is 402 g/mol. The van der Waals surface area contributed by atoms with E-state index in [-0.39, 0.29) is 17.8 Å². The number of hydrogen-bond donors (Lipinski definition) is 2. The van der Waals surface area contributed by atoms with Gasteiger partial charge < -0.3 is 15.4 Å². The molecule has 0 saturated carbocycles. The van der Waals surface area contributed by atoms with Crippen LogP contribution in [0.4, 0.5) is 5.69 Å². The molecule has 2 aromatic heterocycles. The second-order valence-corrected chi connectivity index (χ2v) is 7.78. The number of anilines is 1. The summed E-state index contributed by atoms with van der Waals surface area (Å²) in [5.74, 6) is -0.950. The van der Waals surface area contributed by atoms with E-state index in [2.05, 4.69) is 10.6 Å². The van der Waals surface area contributed by atoms with E-state index < -0.39 is 6.04 Å². The second-order valence-electron chi connectivity index (χ2n) is 5.75. The van der Waals surface area contributed by atoms with Gasteiger partial charge in [0.05, 0.1) is 11.5 Å². The van der Waals surface area contributed by atoms with Crippen molar-refractivity contribution in [3.63, 3.8) is 0 Å². The number of fused-ring (bicyclic) bond motifs is 1. The van der Waals surface area contributed by atoms with Gasteiger partial charge in [-0.05, 0) is 54.9 Å². The molecule has 0 saturated heterocycles. The van der Waals surface area contributed by atoms with Crippen molar-refractivity contribution in [3.8, 4) is 0 Å². The van der Waals surface area contributed by atoms with E-state index in [0.717, 1.165) is 10.1 Å². The molecule has 6 nitrogen and oxygen atoms in total. The van der Waals surface area contributed by atoms with Crippen LogP contribution in [0, 0.1) is 0 Å². The van der Waals surface area contributed by atoms with Crippen LogP contribution in [0.25, 0.3) is 10.1 Å². The van der Waals surface area contributed by atoms with E-state index >= 15 is 0 Å². The Bertz CT molecular complexity index is 979. The number of nitrogens with one attached hydrogen (secondary N) is 2. The molecule has 8 heteroatoms. The van der Waals surface area contributed by atoms with Gasteiger partial charge in [0.15, 0.2) is 0 Å². The fraction of sp³-hybridized carbons (Fsp3) is 0.211. The van der Waals surface area contributed by atoms with Crippen LogP contribution >= 0.6 is 22.7 Å². The zero-order valence-electron chi connectivity index (χ0n) is 14.8. The van der Waals surface area contributed by atoms with Crippen LogP contribution in [-0.2, 0) is 9.53 Å². The standard InChI is InChI=1S/C19H18N2O4S2/c1-3-25-19(24)16-10-12-9-13(6-7-14(12)27-16)21-17(22)11(2)20-18(23)15-5-4-8-26-15/h4-11H,3H2,1-2H3,(H,20,23)(H,21,22). The largest absolute Gasteiger partial charge is 0.462 e. The SMILES string of the molecule is CCOC(=O)c1cc2cc(NC(=O)C(C)NC(=O)c3cccs3)ccc2s1. The summed E-state index contributed by atoms with van der Waals surface area (Å²) >= 11 is 2.66. The van der Waals surface area contributed by atoms with Gasteiger partial charge in [-0.2, -0.15) is 0 Å². The van der Waals surface area contributed by atoms with E-state index in [9.17, 15) is 14.4 Å². The van der Waals surface area contributed by atoms with Gasteiger partial charge in [0.25, 0.3) is 5.91 Å². The maximum absolute atomic E-state index is 12.4. The third-order valence-corrected chi connectivity index (χ3v) is 5.71. The van der Waals surface area contributed by atoms with Crippen molar-refractivity contribution in [3.05, 3.63) is 51.5 Å². The minimum absolute atomic E-state index is 0.278. The lowest BCUT2D eigenvalue weighted by Gasteiger charge is -2.13. The summed E-state index contributed by atoms with van der Waals surface area (Å²) in [4.78, 5) is 37.3. The van der Waals surface area contributed by atoms with Gasteiger partial charge in [-0.15, -0.1) is 22.7 Å². The zero-order chi connectivity index (χ0) is 19.4. The zero-order valence-corrected chi connectivity index (χ0v) is 16.4. The van der Waals surface area contributed by atoms with E-state index in [0.29, 0.717) is 22.0 Å². The first-order chi connectivity index (χ1) is 13.0. The van der Waals surface area contributed by atoms with E-state index in [1.165, 1.54) is 22.7 Å². The van der Waals surface area contributed by atoms with Crippen molar-refractivity contribution in [2.75, 3.05) is 11.9 Å². The van der Waals surface area contributed by atoms with Gasteiger partial charge in [0.2, 0.25) is 5.91 Å². The van der Waals surface area contributed by atoms with Crippen LogP contribution < -0.4 is 10.6 Å². The highest BCUT2D eigenvalue weighted by molar-refractivity contribution is 7.20. The van der Waals surface area contributed by atoms with E-state index in [1.807, 2.05) is 6.07 Å². The number of thiophene rings is 2. The predicted octanol–water partition coefficient (Wildman–Crippen LogP) is 3.90. The Morgan fingerprint density at radius 3 is 2.67 bits per heavy atom. The van der Waals surface area contributed by atoms with Gasteiger partial charge in [-0.25, -0.2) is 4.79 Å². The second kappa shape index (κ2) is 8.32. The number of hydrogen-bond acceptors (Lipinski definition) is 6. The van der Waals surface area contributed by atoms with Crippen molar-refractivity contribution in [1.82, 2.24) is 5.32 Å². The first kappa shape index (κ1) is 19.1. The molecule has 1 unspecified atom stereocenters. The lowest BCUT2D eigenvalue weighted by atomic mass is 10.2. The molecule has 3 aromatic rings. The molecule has 3 rings (SSSR count). The van der Waals surface area contributed by atoms with Gasteiger partial charge in [-0.1, -0.05) is 6.07 Å². The van der Waals surface area contributed by atoms with Crippen LogP contribution in [0.3, 0.4) is 0 Å². The van der Waals surface area contributed by atoms with Crippen LogP contribution in [0.5, 0.6) is 0 Å². The Labute approximate surface area is 164 Å². The number of benzene rings is 1. The average molecular weight is 402 g/mol. The molecule has 27 heavy (non-hydrogen) atoms. The maximum atomic E-state index is 12.4. The molecule has 2 amide bonds. The summed E-state index contributed by atoms with van der Waals surface area (Å²) in [6, 6.07) is 9.94. The third kappa shape index (κ3) is 4.53. The summed E-state index contributed by atoms with van der Waals surface area (Å²) in [5.41, 5.74) is 0.595. The quantitative estimate of drug-likeness (QED) is 0.613. The Balaban J connectivity index is 1.67. The molecule has 0 fully saturated rings. The molecule has 140 valence electrons. The number of esters is 1. The minimum atomic E-state index is -0.687. The summed E-state index contributed by atoms with van der Waals surface area (Å²) in [5, 5.41) is 8.11. The van der Waals surface area contributed by atoms with Crippen molar-refractivity contribution in [1.29, 1.82) is 0 Å². The first-order valence-electron chi connectivity index (χ1n) is 8.34. The Kier molecular flexibility index (Phi) is 5.88.